The highest BCUT2D eigenvalue weighted by atomic mass is 35.5. The van der Waals surface area contributed by atoms with Gasteiger partial charge in [-0.1, -0.05) is 54.6 Å². The molecule has 0 aliphatic carbocycles. The largest absolute Gasteiger partial charge is 0.416 e. The first kappa shape index (κ1) is 25.8. The number of alkyl halides is 3. The topological polar surface area (TPSA) is 58.1 Å². The van der Waals surface area contributed by atoms with E-state index >= 15 is 0 Å². The van der Waals surface area contributed by atoms with E-state index in [4.69, 9.17) is 11.6 Å². The van der Waals surface area contributed by atoms with Crippen LogP contribution in [0.25, 0.3) is 0 Å². The van der Waals surface area contributed by atoms with E-state index in [-0.39, 0.29) is 12.5 Å². The number of amides is 1. The Morgan fingerprint density at radius 2 is 1.82 bits per heavy atom. The molecule has 180 valence electrons. The predicted octanol–water partition coefficient (Wildman–Crippen LogP) is 6.22. The van der Waals surface area contributed by atoms with Crippen LogP contribution in [0.4, 0.5) is 19.0 Å². The molecule has 1 aromatic heterocycles. The van der Waals surface area contributed by atoms with Crippen LogP contribution in [-0.2, 0) is 18.5 Å². The molecule has 0 saturated carbocycles. The van der Waals surface area contributed by atoms with Gasteiger partial charge in [-0.3, -0.25) is 4.79 Å². The highest BCUT2D eigenvalue weighted by Gasteiger charge is 2.30. The van der Waals surface area contributed by atoms with Crippen LogP contribution in [0.5, 0.6) is 0 Å². The van der Waals surface area contributed by atoms with E-state index in [0.29, 0.717) is 27.2 Å². The Kier molecular flexibility index (Phi) is 8.79. The summed E-state index contributed by atoms with van der Waals surface area (Å²) in [4.78, 5) is 23.2. The molecule has 34 heavy (non-hydrogen) atoms. The maximum atomic E-state index is 12.8. The van der Waals surface area contributed by atoms with Crippen LogP contribution >= 0.6 is 23.4 Å². The second-order valence-corrected chi connectivity index (χ2v) is 8.95. The molecule has 0 saturated heterocycles. The Morgan fingerprint density at radius 1 is 1.09 bits per heavy atom. The molecule has 3 aromatic rings. The number of nitrogens with one attached hydrogen (secondary N) is 1. The number of nitrogens with zero attached hydrogens (tertiary/aromatic N) is 3. The van der Waals surface area contributed by atoms with Crippen LogP contribution in [0, 0.1) is 0 Å². The van der Waals surface area contributed by atoms with E-state index in [0.717, 1.165) is 36.5 Å². The first-order chi connectivity index (χ1) is 16.2. The fraction of sp³-hybridized carbons (Fsp3) is 0.292. The van der Waals surface area contributed by atoms with Gasteiger partial charge in [-0.05, 0) is 41.8 Å². The Bertz CT molecular complexity index is 1130. The Labute approximate surface area is 205 Å². The number of thioether (sulfide) groups is 1. The third-order valence-corrected chi connectivity index (χ3v) is 6.01. The first-order valence-corrected chi connectivity index (χ1v) is 11.9. The Morgan fingerprint density at radius 3 is 2.50 bits per heavy atom. The standard InChI is InChI=1S/C24H24ClF3N4OS/c1-3-11-32(2)21-13-20(25)30-23(31-21)34-15-16-7-9-18(10-8-16)22(33)29-14-17-5-4-6-19(12-17)24(26,27)28/h4-10,12-13H,3,11,14-15H2,1-2H3,(H,29,33). The van der Waals surface area contributed by atoms with Crippen LogP contribution < -0.4 is 10.2 Å². The molecule has 1 heterocycles. The van der Waals surface area contributed by atoms with E-state index in [1.54, 1.807) is 24.3 Å². The van der Waals surface area contributed by atoms with Crippen molar-refractivity contribution in [2.75, 3.05) is 18.5 Å². The van der Waals surface area contributed by atoms with Gasteiger partial charge in [-0.15, -0.1) is 0 Å². The SMILES string of the molecule is CCCN(C)c1cc(Cl)nc(SCc2ccc(C(=O)NCc3cccc(C(F)(F)F)c3)cc2)n1. The van der Waals surface area contributed by atoms with Crippen LogP contribution in [0.1, 0.15) is 40.4 Å². The van der Waals surface area contributed by atoms with Crippen molar-refractivity contribution in [3.63, 3.8) is 0 Å². The van der Waals surface area contributed by atoms with Gasteiger partial charge in [-0.2, -0.15) is 13.2 Å². The highest BCUT2D eigenvalue weighted by molar-refractivity contribution is 7.98. The normalized spacial score (nSPS) is 11.4. The summed E-state index contributed by atoms with van der Waals surface area (Å²) >= 11 is 7.58. The molecule has 2 aromatic carbocycles. The summed E-state index contributed by atoms with van der Waals surface area (Å²) in [5.41, 5.74) is 1.02. The maximum Gasteiger partial charge on any atom is 0.416 e. The molecule has 1 amide bonds. The molecule has 0 fully saturated rings. The van der Waals surface area contributed by atoms with Gasteiger partial charge in [0.05, 0.1) is 5.56 Å². The van der Waals surface area contributed by atoms with Gasteiger partial charge in [0.2, 0.25) is 0 Å². The van der Waals surface area contributed by atoms with Gasteiger partial charge in [0.15, 0.2) is 5.16 Å². The lowest BCUT2D eigenvalue weighted by Gasteiger charge is -2.17. The molecule has 0 aliphatic rings. The first-order valence-electron chi connectivity index (χ1n) is 10.6. The Balaban J connectivity index is 1.57. The maximum absolute atomic E-state index is 12.8. The zero-order chi connectivity index (χ0) is 24.7. The van der Waals surface area contributed by atoms with Gasteiger partial charge in [0.1, 0.15) is 11.0 Å². The number of hydrogen-bond acceptors (Lipinski definition) is 5. The lowest BCUT2D eigenvalue weighted by atomic mass is 10.1. The number of benzene rings is 2. The number of hydrogen-bond donors (Lipinski definition) is 1. The molecule has 0 atom stereocenters. The summed E-state index contributed by atoms with van der Waals surface area (Å²) in [6.07, 6.45) is -3.43. The average Bonchev–Trinajstić information content (AvgIpc) is 2.81. The molecule has 3 rings (SSSR count). The second kappa shape index (κ2) is 11.6. The zero-order valence-corrected chi connectivity index (χ0v) is 20.3. The number of aromatic nitrogens is 2. The Hall–Kier alpha value is -2.78. The molecule has 0 bridgehead atoms. The third kappa shape index (κ3) is 7.36. The van der Waals surface area contributed by atoms with Crippen LogP contribution in [0.2, 0.25) is 5.15 Å². The summed E-state index contributed by atoms with van der Waals surface area (Å²) < 4.78 is 38.5. The van der Waals surface area contributed by atoms with Crippen molar-refractivity contribution in [2.45, 2.75) is 37.0 Å². The smallest absolute Gasteiger partial charge is 0.360 e. The summed E-state index contributed by atoms with van der Waals surface area (Å²) in [5.74, 6) is 0.985. The second-order valence-electron chi connectivity index (χ2n) is 7.62. The number of anilines is 1. The summed E-state index contributed by atoms with van der Waals surface area (Å²) in [6, 6.07) is 13.6. The minimum absolute atomic E-state index is 0.00126. The van der Waals surface area contributed by atoms with Crippen LogP contribution in [-0.4, -0.2) is 29.5 Å². The monoisotopic (exact) mass is 508 g/mol. The fourth-order valence-corrected chi connectivity index (χ4v) is 4.17. The molecule has 10 heteroatoms. The quantitative estimate of drug-likeness (QED) is 0.211. The summed E-state index contributed by atoms with van der Waals surface area (Å²) in [5, 5.41) is 3.60. The van der Waals surface area contributed by atoms with E-state index in [1.807, 2.05) is 24.1 Å². The lowest BCUT2D eigenvalue weighted by molar-refractivity contribution is -0.137. The molecular weight excluding hydrogens is 485 g/mol. The highest BCUT2D eigenvalue weighted by Crippen LogP contribution is 2.29. The van der Waals surface area contributed by atoms with Gasteiger partial charge < -0.3 is 10.2 Å². The van der Waals surface area contributed by atoms with Crippen molar-refractivity contribution in [3.8, 4) is 0 Å². The van der Waals surface area contributed by atoms with E-state index in [1.165, 1.54) is 17.8 Å². The molecule has 1 N–H and O–H groups in total. The molecule has 0 spiro atoms. The van der Waals surface area contributed by atoms with Gasteiger partial charge in [-0.25, -0.2) is 9.97 Å². The zero-order valence-electron chi connectivity index (χ0n) is 18.7. The predicted molar refractivity (Wildman–Crippen MR) is 129 cm³/mol. The van der Waals surface area contributed by atoms with Crippen molar-refractivity contribution in [2.24, 2.45) is 0 Å². The van der Waals surface area contributed by atoms with Crippen LogP contribution in [0.3, 0.4) is 0 Å². The van der Waals surface area contributed by atoms with E-state index < -0.39 is 11.7 Å². The molecular formula is C24H24ClF3N4OS. The molecule has 5 nitrogen and oxygen atoms in total. The summed E-state index contributed by atoms with van der Waals surface area (Å²) in [6.45, 7) is 2.94. The van der Waals surface area contributed by atoms with E-state index in [9.17, 15) is 18.0 Å². The van der Waals surface area contributed by atoms with Gasteiger partial charge >= 0.3 is 6.18 Å². The fourth-order valence-electron chi connectivity index (χ4n) is 3.14. The van der Waals surface area contributed by atoms with Crippen LogP contribution in [0.15, 0.2) is 59.8 Å². The van der Waals surface area contributed by atoms with Gasteiger partial charge in [0.25, 0.3) is 5.91 Å². The number of carbonyl (C=O) groups is 1. The minimum Gasteiger partial charge on any atom is -0.360 e. The van der Waals surface area contributed by atoms with Crippen molar-refractivity contribution in [1.29, 1.82) is 0 Å². The third-order valence-electron chi connectivity index (χ3n) is 4.90. The lowest BCUT2D eigenvalue weighted by Crippen LogP contribution is -2.23. The number of carbonyl (C=O) groups excluding carboxylic acids is 1. The number of halogens is 4. The molecule has 0 unspecified atom stereocenters. The summed E-state index contributed by atoms with van der Waals surface area (Å²) in [7, 11) is 1.95. The minimum atomic E-state index is -4.42. The van der Waals surface area contributed by atoms with Crippen molar-refractivity contribution in [3.05, 3.63) is 82.0 Å². The van der Waals surface area contributed by atoms with Crippen molar-refractivity contribution < 1.29 is 18.0 Å². The van der Waals surface area contributed by atoms with Crippen molar-refractivity contribution >= 4 is 35.1 Å². The van der Waals surface area contributed by atoms with Crippen molar-refractivity contribution in [1.82, 2.24) is 15.3 Å². The number of rotatable bonds is 9. The van der Waals surface area contributed by atoms with Gasteiger partial charge in [0, 0.05) is 37.5 Å². The molecule has 0 aliphatic heterocycles. The molecule has 0 radical (unpaired) electrons. The average molecular weight is 509 g/mol. The van der Waals surface area contributed by atoms with E-state index in [2.05, 4.69) is 22.2 Å².